The van der Waals surface area contributed by atoms with E-state index in [4.69, 9.17) is 16.0 Å². The normalized spacial score (nSPS) is 10.6. The van der Waals surface area contributed by atoms with E-state index >= 15 is 0 Å². The van der Waals surface area contributed by atoms with Gasteiger partial charge in [-0.25, -0.2) is 0 Å². The van der Waals surface area contributed by atoms with Crippen molar-refractivity contribution in [2.24, 2.45) is 0 Å². The third-order valence-corrected chi connectivity index (χ3v) is 3.54. The fourth-order valence-corrected chi connectivity index (χ4v) is 2.43. The van der Waals surface area contributed by atoms with E-state index in [2.05, 4.69) is 31.4 Å². The molecule has 1 aromatic heterocycles. The van der Waals surface area contributed by atoms with Gasteiger partial charge in [0, 0.05) is 20.7 Å². The number of nitrogens with zero attached hydrogens (tertiary/aromatic N) is 2. The van der Waals surface area contributed by atoms with Gasteiger partial charge in [0.15, 0.2) is 0 Å². The molecule has 0 fully saturated rings. The summed E-state index contributed by atoms with van der Waals surface area (Å²) in [5.74, 6) is 0.980. The summed E-state index contributed by atoms with van der Waals surface area (Å²) in [5.41, 5.74) is 1.79. The molecular formula is C15H11BrClN3O. The monoisotopic (exact) mass is 363 g/mol. The van der Waals surface area contributed by atoms with Gasteiger partial charge in [-0.15, -0.1) is 10.2 Å². The summed E-state index contributed by atoms with van der Waals surface area (Å²) in [6, 6.07) is 15.2. The Hall–Kier alpha value is -1.85. The zero-order valence-corrected chi connectivity index (χ0v) is 13.2. The SMILES string of the molecule is Clc1cccc(-c2nnc(CNc3cccc(Br)c3)o2)c1. The van der Waals surface area contributed by atoms with Gasteiger partial charge in [0.25, 0.3) is 0 Å². The quantitative estimate of drug-likeness (QED) is 0.725. The molecule has 2 aromatic carbocycles. The van der Waals surface area contributed by atoms with Crippen molar-refractivity contribution in [2.75, 3.05) is 5.32 Å². The van der Waals surface area contributed by atoms with Crippen LogP contribution in [0.3, 0.4) is 0 Å². The van der Waals surface area contributed by atoms with Crippen molar-refractivity contribution in [3.63, 3.8) is 0 Å². The average molecular weight is 365 g/mol. The Kier molecular flexibility index (Phi) is 4.22. The topological polar surface area (TPSA) is 51.0 Å². The van der Waals surface area contributed by atoms with Crippen LogP contribution in [-0.4, -0.2) is 10.2 Å². The Labute approximate surface area is 135 Å². The van der Waals surface area contributed by atoms with Gasteiger partial charge in [-0.3, -0.25) is 0 Å². The molecule has 0 atom stereocenters. The van der Waals surface area contributed by atoms with Crippen LogP contribution < -0.4 is 5.32 Å². The van der Waals surface area contributed by atoms with Gasteiger partial charge >= 0.3 is 0 Å². The number of hydrogen-bond acceptors (Lipinski definition) is 4. The molecule has 0 saturated heterocycles. The van der Waals surface area contributed by atoms with Crippen LogP contribution in [0, 0.1) is 0 Å². The van der Waals surface area contributed by atoms with E-state index in [1.165, 1.54) is 0 Å². The van der Waals surface area contributed by atoms with E-state index in [1.807, 2.05) is 36.4 Å². The van der Waals surface area contributed by atoms with E-state index in [0.29, 0.717) is 23.3 Å². The highest BCUT2D eigenvalue weighted by Crippen LogP contribution is 2.22. The number of halogens is 2. The maximum absolute atomic E-state index is 5.95. The Morgan fingerprint density at radius 3 is 2.76 bits per heavy atom. The van der Waals surface area contributed by atoms with Crippen LogP contribution in [0.2, 0.25) is 5.02 Å². The third-order valence-electron chi connectivity index (χ3n) is 2.81. The van der Waals surface area contributed by atoms with Gasteiger partial charge < -0.3 is 9.73 Å². The number of rotatable bonds is 4. The van der Waals surface area contributed by atoms with Crippen LogP contribution >= 0.6 is 27.5 Å². The molecular weight excluding hydrogens is 354 g/mol. The van der Waals surface area contributed by atoms with E-state index in [-0.39, 0.29) is 0 Å². The summed E-state index contributed by atoms with van der Waals surface area (Å²) >= 11 is 9.38. The molecule has 3 aromatic rings. The first-order valence-corrected chi connectivity index (χ1v) is 7.45. The molecule has 0 unspecified atom stereocenters. The molecule has 4 nitrogen and oxygen atoms in total. The van der Waals surface area contributed by atoms with Crippen LogP contribution in [0.5, 0.6) is 0 Å². The average Bonchev–Trinajstić information content (AvgIpc) is 2.94. The lowest BCUT2D eigenvalue weighted by Gasteiger charge is -2.03. The van der Waals surface area contributed by atoms with Crippen LogP contribution in [0.25, 0.3) is 11.5 Å². The molecule has 0 aliphatic rings. The van der Waals surface area contributed by atoms with Gasteiger partial charge in [0.2, 0.25) is 11.8 Å². The smallest absolute Gasteiger partial charge is 0.247 e. The van der Waals surface area contributed by atoms with E-state index < -0.39 is 0 Å². The summed E-state index contributed by atoms with van der Waals surface area (Å²) in [4.78, 5) is 0. The van der Waals surface area contributed by atoms with Crippen molar-refractivity contribution in [1.29, 1.82) is 0 Å². The molecule has 0 spiro atoms. The molecule has 0 amide bonds. The highest BCUT2D eigenvalue weighted by Gasteiger charge is 2.08. The van der Waals surface area contributed by atoms with Gasteiger partial charge in [-0.1, -0.05) is 39.7 Å². The van der Waals surface area contributed by atoms with Gasteiger partial charge in [0.1, 0.15) is 0 Å². The van der Waals surface area contributed by atoms with Crippen molar-refractivity contribution in [3.05, 3.63) is 63.9 Å². The standard InChI is InChI=1S/C15H11BrClN3O/c16-11-4-2-6-13(8-11)18-9-14-19-20-15(21-14)10-3-1-5-12(17)7-10/h1-8,18H,9H2. The molecule has 3 rings (SSSR count). The summed E-state index contributed by atoms with van der Waals surface area (Å²) in [6.07, 6.45) is 0. The van der Waals surface area contributed by atoms with Gasteiger partial charge in [-0.05, 0) is 36.4 Å². The lowest BCUT2D eigenvalue weighted by molar-refractivity contribution is 0.515. The molecule has 106 valence electrons. The fourth-order valence-electron chi connectivity index (χ4n) is 1.84. The molecule has 0 aliphatic heterocycles. The number of nitrogens with one attached hydrogen (secondary N) is 1. The van der Waals surface area contributed by atoms with Crippen LogP contribution in [0.4, 0.5) is 5.69 Å². The molecule has 1 heterocycles. The first-order valence-electron chi connectivity index (χ1n) is 6.28. The van der Waals surface area contributed by atoms with E-state index in [0.717, 1.165) is 15.7 Å². The van der Waals surface area contributed by atoms with E-state index in [9.17, 15) is 0 Å². The second kappa shape index (κ2) is 6.28. The fraction of sp³-hybridized carbons (Fsp3) is 0.0667. The molecule has 0 aliphatic carbocycles. The predicted octanol–water partition coefficient (Wildman–Crippen LogP) is 4.76. The first-order chi connectivity index (χ1) is 10.2. The minimum atomic E-state index is 0.462. The maximum atomic E-state index is 5.95. The molecule has 1 N–H and O–H groups in total. The van der Waals surface area contributed by atoms with E-state index in [1.54, 1.807) is 12.1 Å². The minimum absolute atomic E-state index is 0.462. The maximum Gasteiger partial charge on any atom is 0.247 e. The Balaban J connectivity index is 1.71. The highest BCUT2D eigenvalue weighted by atomic mass is 79.9. The van der Waals surface area contributed by atoms with Crippen LogP contribution in [-0.2, 0) is 6.54 Å². The number of aromatic nitrogens is 2. The van der Waals surface area contributed by atoms with Crippen LogP contribution in [0.1, 0.15) is 5.89 Å². The zero-order valence-electron chi connectivity index (χ0n) is 10.9. The Morgan fingerprint density at radius 1 is 1.10 bits per heavy atom. The van der Waals surface area contributed by atoms with Gasteiger partial charge in [0.05, 0.1) is 6.54 Å². The second-order valence-electron chi connectivity index (χ2n) is 4.38. The second-order valence-corrected chi connectivity index (χ2v) is 5.73. The largest absolute Gasteiger partial charge is 0.419 e. The third kappa shape index (κ3) is 3.62. The first kappa shape index (κ1) is 14.1. The minimum Gasteiger partial charge on any atom is -0.419 e. The Bertz CT molecular complexity index is 760. The number of anilines is 1. The lowest BCUT2D eigenvalue weighted by atomic mass is 10.2. The van der Waals surface area contributed by atoms with Crippen LogP contribution in [0.15, 0.2) is 57.4 Å². The molecule has 6 heteroatoms. The van der Waals surface area contributed by atoms with Gasteiger partial charge in [-0.2, -0.15) is 0 Å². The summed E-state index contributed by atoms with van der Waals surface area (Å²) in [7, 11) is 0. The molecule has 0 saturated carbocycles. The van der Waals surface area contributed by atoms with Crippen molar-refractivity contribution in [2.45, 2.75) is 6.54 Å². The number of hydrogen-bond donors (Lipinski definition) is 1. The van der Waals surface area contributed by atoms with Crippen molar-refractivity contribution >= 4 is 33.2 Å². The lowest BCUT2D eigenvalue weighted by Crippen LogP contribution is -1.99. The Morgan fingerprint density at radius 2 is 1.95 bits per heavy atom. The zero-order chi connectivity index (χ0) is 14.7. The predicted molar refractivity (Wildman–Crippen MR) is 86.2 cm³/mol. The molecule has 0 radical (unpaired) electrons. The molecule has 21 heavy (non-hydrogen) atoms. The van der Waals surface area contributed by atoms with Crippen molar-refractivity contribution in [3.8, 4) is 11.5 Å². The number of benzene rings is 2. The summed E-state index contributed by atoms with van der Waals surface area (Å²) < 4.78 is 6.63. The van der Waals surface area contributed by atoms with Crippen molar-refractivity contribution in [1.82, 2.24) is 10.2 Å². The highest BCUT2D eigenvalue weighted by molar-refractivity contribution is 9.10. The summed E-state index contributed by atoms with van der Waals surface area (Å²) in [6.45, 7) is 0.462. The molecule has 0 bridgehead atoms. The summed E-state index contributed by atoms with van der Waals surface area (Å²) in [5, 5.41) is 11.9. The van der Waals surface area contributed by atoms with Crippen molar-refractivity contribution < 1.29 is 4.42 Å².